The summed E-state index contributed by atoms with van der Waals surface area (Å²) in [5, 5.41) is 9.13. The van der Waals surface area contributed by atoms with Crippen LogP contribution in [-0.2, 0) is 9.47 Å². The van der Waals surface area contributed by atoms with Crippen LogP contribution in [-0.4, -0.2) is 66.6 Å². The Bertz CT molecular complexity index is 704. The predicted molar refractivity (Wildman–Crippen MR) is 152 cm³/mol. The van der Waals surface area contributed by atoms with E-state index in [2.05, 4.69) is 26.9 Å². The largest absolute Gasteiger partial charge is 0.444 e. The third-order valence-electron chi connectivity index (χ3n) is 6.45. The Balaban J connectivity index is 0.000000396. The van der Waals surface area contributed by atoms with E-state index in [0.717, 1.165) is 51.9 Å². The summed E-state index contributed by atoms with van der Waals surface area (Å²) >= 11 is 0. The van der Waals surface area contributed by atoms with Gasteiger partial charge in [0.25, 0.3) is 0 Å². The summed E-state index contributed by atoms with van der Waals surface area (Å²) in [5.41, 5.74) is 0.710. The first kappa shape index (κ1) is 33.4. The molecular formula is C28H53ClN4O4. The molecule has 2 amide bonds. The summed E-state index contributed by atoms with van der Waals surface area (Å²) in [7, 11) is 0. The Labute approximate surface area is 231 Å². The molecule has 2 fully saturated rings. The van der Waals surface area contributed by atoms with Gasteiger partial charge in [-0.1, -0.05) is 18.9 Å². The zero-order valence-corrected chi connectivity index (χ0v) is 24.9. The van der Waals surface area contributed by atoms with E-state index in [1.807, 2.05) is 41.5 Å². The van der Waals surface area contributed by atoms with Gasteiger partial charge in [0, 0.05) is 30.9 Å². The molecule has 0 saturated carbocycles. The maximum atomic E-state index is 11.8. The number of halogens is 1. The molecule has 3 N–H and O–H groups in total. The van der Waals surface area contributed by atoms with Crippen LogP contribution in [0.1, 0.15) is 106 Å². The maximum absolute atomic E-state index is 11.8. The van der Waals surface area contributed by atoms with Crippen molar-refractivity contribution in [1.29, 1.82) is 0 Å². The van der Waals surface area contributed by atoms with Crippen molar-refractivity contribution in [1.82, 2.24) is 20.9 Å². The number of rotatable bonds is 3. The zero-order valence-electron chi connectivity index (χ0n) is 24.1. The lowest BCUT2D eigenvalue weighted by atomic mass is 10.00. The third-order valence-corrected chi connectivity index (χ3v) is 6.45. The molecule has 0 atom stereocenters. The molecule has 2 saturated heterocycles. The zero-order chi connectivity index (χ0) is 26.6. The molecule has 0 aromatic rings. The van der Waals surface area contributed by atoms with Crippen molar-refractivity contribution in [3.05, 3.63) is 11.8 Å². The second-order valence-corrected chi connectivity index (χ2v) is 12.2. The van der Waals surface area contributed by atoms with Crippen molar-refractivity contribution in [3.63, 3.8) is 0 Å². The van der Waals surface area contributed by atoms with Crippen molar-refractivity contribution < 1.29 is 19.1 Å². The lowest BCUT2D eigenvalue weighted by Crippen LogP contribution is -2.45. The van der Waals surface area contributed by atoms with Crippen LogP contribution in [0.2, 0.25) is 0 Å². The van der Waals surface area contributed by atoms with Crippen LogP contribution in [0.5, 0.6) is 0 Å². The number of likely N-dealkylation sites (tertiary alicyclic amines) is 1. The minimum absolute atomic E-state index is 0. The van der Waals surface area contributed by atoms with Crippen LogP contribution < -0.4 is 16.0 Å². The Morgan fingerprint density at radius 3 is 1.81 bits per heavy atom. The highest BCUT2D eigenvalue weighted by Gasteiger charge is 2.24. The summed E-state index contributed by atoms with van der Waals surface area (Å²) in [5.74, 6) is 0. The van der Waals surface area contributed by atoms with Gasteiger partial charge in [-0.3, -0.25) is 0 Å². The van der Waals surface area contributed by atoms with Crippen molar-refractivity contribution in [3.8, 4) is 0 Å². The molecule has 216 valence electrons. The highest BCUT2D eigenvalue weighted by molar-refractivity contribution is 5.85. The topological polar surface area (TPSA) is 91.9 Å². The summed E-state index contributed by atoms with van der Waals surface area (Å²) in [6.45, 7) is 15.3. The van der Waals surface area contributed by atoms with Gasteiger partial charge in [-0.2, -0.15) is 0 Å². The van der Waals surface area contributed by atoms with Gasteiger partial charge in [-0.15, -0.1) is 12.4 Å². The first-order valence-electron chi connectivity index (χ1n) is 14.0. The molecule has 3 aliphatic rings. The number of nitrogens with zero attached hydrogens (tertiary/aromatic N) is 1. The van der Waals surface area contributed by atoms with Crippen molar-refractivity contribution >= 4 is 24.6 Å². The number of carbonyl (C=O) groups is 2. The number of allylic oxidation sites excluding steroid dienone is 2. The molecule has 8 nitrogen and oxygen atoms in total. The fourth-order valence-corrected chi connectivity index (χ4v) is 4.69. The van der Waals surface area contributed by atoms with Gasteiger partial charge in [-0.05, 0) is 106 Å². The molecule has 9 heteroatoms. The molecular weight excluding hydrogens is 492 g/mol. The van der Waals surface area contributed by atoms with Crippen LogP contribution in [0.15, 0.2) is 11.8 Å². The molecule has 0 bridgehead atoms. The second kappa shape index (κ2) is 16.3. The summed E-state index contributed by atoms with van der Waals surface area (Å²) in [6.07, 6.45) is 13.7. The van der Waals surface area contributed by atoms with Gasteiger partial charge < -0.3 is 30.3 Å². The van der Waals surface area contributed by atoms with E-state index in [0.29, 0.717) is 0 Å². The number of piperidine rings is 2. The molecule has 37 heavy (non-hydrogen) atoms. The highest BCUT2D eigenvalue weighted by atomic mass is 35.5. The summed E-state index contributed by atoms with van der Waals surface area (Å²) < 4.78 is 10.5. The van der Waals surface area contributed by atoms with E-state index in [9.17, 15) is 9.59 Å². The monoisotopic (exact) mass is 544 g/mol. The number of amides is 2. The van der Waals surface area contributed by atoms with Crippen LogP contribution in [0.3, 0.4) is 0 Å². The van der Waals surface area contributed by atoms with E-state index in [1.54, 1.807) is 0 Å². The van der Waals surface area contributed by atoms with Crippen molar-refractivity contribution in [2.45, 2.75) is 129 Å². The number of hydrogen-bond donors (Lipinski definition) is 3. The lowest BCUT2D eigenvalue weighted by Gasteiger charge is -2.36. The van der Waals surface area contributed by atoms with Crippen molar-refractivity contribution in [2.75, 3.05) is 26.2 Å². The molecule has 0 spiro atoms. The molecule has 2 heterocycles. The van der Waals surface area contributed by atoms with Crippen LogP contribution >= 0.6 is 12.4 Å². The average molecular weight is 545 g/mol. The molecule has 0 aromatic heterocycles. The van der Waals surface area contributed by atoms with E-state index >= 15 is 0 Å². The SMILES string of the molecule is CC(C)(C)OC(=O)NC1CCN(C2=CCCCCCC2)CC1.CC(C)(C)OC(=O)NC1CCNCC1.Cl. The lowest BCUT2D eigenvalue weighted by molar-refractivity contribution is 0.0476. The molecule has 3 rings (SSSR count). The first-order chi connectivity index (χ1) is 16.9. The quantitative estimate of drug-likeness (QED) is 0.410. The van der Waals surface area contributed by atoms with E-state index in [4.69, 9.17) is 9.47 Å². The Kier molecular flexibility index (Phi) is 14.7. The Hall–Kier alpha value is -1.67. The maximum Gasteiger partial charge on any atom is 0.407 e. The van der Waals surface area contributed by atoms with Crippen molar-refractivity contribution in [2.24, 2.45) is 0 Å². The van der Waals surface area contributed by atoms with Gasteiger partial charge in [0.15, 0.2) is 0 Å². The van der Waals surface area contributed by atoms with Gasteiger partial charge in [-0.25, -0.2) is 9.59 Å². The molecule has 1 aliphatic carbocycles. The van der Waals surface area contributed by atoms with E-state index in [1.165, 1.54) is 44.2 Å². The fourth-order valence-electron chi connectivity index (χ4n) is 4.69. The summed E-state index contributed by atoms with van der Waals surface area (Å²) in [4.78, 5) is 25.7. The Morgan fingerprint density at radius 1 is 0.811 bits per heavy atom. The van der Waals surface area contributed by atoms with Gasteiger partial charge in [0.2, 0.25) is 0 Å². The number of alkyl carbamates (subject to hydrolysis) is 2. The first-order valence-corrected chi connectivity index (χ1v) is 14.0. The highest BCUT2D eigenvalue weighted by Crippen LogP contribution is 2.23. The van der Waals surface area contributed by atoms with Crippen LogP contribution in [0.4, 0.5) is 9.59 Å². The summed E-state index contributed by atoms with van der Waals surface area (Å²) in [6, 6.07) is 0.520. The minimum atomic E-state index is -0.422. The molecule has 2 aliphatic heterocycles. The standard InChI is InChI=1S/C18H32N2O2.C10H20N2O2.ClH/c1-18(2,3)22-17(21)19-15-11-13-20(14-12-15)16-9-7-5-4-6-8-10-16;1-10(2,3)14-9(13)12-8-4-6-11-7-5-8;/h9,15H,4-8,10-14H2,1-3H3,(H,19,21);8,11H,4-7H2,1-3H3,(H,12,13);1H. The number of nitrogens with one attached hydrogen (secondary N) is 3. The van der Waals surface area contributed by atoms with Gasteiger partial charge in [0.1, 0.15) is 11.2 Å². The number of carbonyl (C=O) groups excluding carboxylic acids is 2. The van der Waals surface area contributed by atoms with E-state index in [-0.39, 0.29) is 36.7 Å². The van der Waals surface area contributed by atoms with E-state index < -0.39 is 11.2 Å². The third kappa shape index (κ3) is 15.4. The molecule has 0 unspecified atom stereocenters. The molecule has 0 aromatic carbocycles. The minimum Gasteiger partial charge on any atom is -0.444 e. The van der Waals surface area contributed by atoms with Crippen LogP contribution in [0, 0.1) is 0 Å². The smallest absolute Gasteiger partial charge is 0.407 e. The second-order valence-electron chi connectivity index (χ2n) is 12.2. The fraction of sp³-hybridized carbons (Fsp3) is 0.857. The number of hydrogen-bond acceptors (Lipinski definition) is 6. The van der Waals surface area contributed by atoms with Crippen LogP contribution in [0.25, 0.3) is 0 Å². The van der Waals surface area contributed by atoms with Gasteiger partial charge in [0.05, 0.1) is 0 Å². The average Bonchev–Trinajstić information content (AvgIpc) is 2.73. The molecule has 0 radical (unpaired) electrons. The Morgan fingerprint density at radius 2 is 1.30 bits per heavy atom. The normalized spacial score (nSPS) is 20.1. The number of ether oxygens (including phenoxy) is 2. The predicted octanol–water partition coefficient (Wildman–Crippen LogP) is 5.90. The van der Waals surface area contributed by atoms with Gasteiger partial charge >= 0.3 is 12.2 Å².